The predicted octanol–water partition coefficient (Wildman–Crippen LogP) is 4.04. The summed E-state index contributed by atoms with van der Waals surface area (Å²) >= 11 is 3.49. The average molecular weight is 429 g/mol. The highest BCUT2D eigenvalue weighted by molar-refractivity contribution is 9.10. The van der Waals surface area contributed by atoms with Crippen molar-refractivity contribution < 1.29 is 4.79 Å². The minimum Gasteiger partial charge on any atom is -0.399 e. The van der Waals surface area contributed by atoms with Gasteiger partial charge in [0.2, 0.25) is 5.91 Å². The van der Waals surface area contributed by atoms with Gasteiger partial charge in [-0.25, -0.2) is 4.79 Å². The van der Waals surface area contributed by atoms with Crippen LogP contribution in [0.4, 0.5) is 11.4 Å². The molecule has 3 aromatic rings. The lowest BCUT2D eigenvalue weighted by Crippen LogP contribution is -2.31. The first-order valence-electron chi connectivity index (χ1n) is 9.08. The van der Waals surface area contributed by atoms with Crippen molar-refractivity contribution in [3.05, 3.63) is 57.4 Å². The second kappa shape index (κ2) is 7.23. The summed E-state index contributed by atoms with van der Waals surface area (Å²) in [5.41, 5.74) is 8.75. The summed E-state index contributed by atoms with van der Waals surface area (Å²) in [4.78, 5) is 28.0. The van der Waals surface area contributed by atoms with E-state index in [0.29, 0.717) is 5.69 Å². The first-order valence-corrected chi connectivity index (χ1v) is 9.87. The highest BCUT2D eigenvalue weighted by atomic mass is 79.9. The van der Waals surface area contributed by atoms with Gasteiger partial charge in [-0.15, -0.1) is 0 Å². The average Bonchev–Trinajstić information content (AvgIpc) is 2.99. The van der Waals surface area contributed by atoms with Gasteiger partial charge in [0, 0.05) is 27.8 Å². The number of hydrogen-bond donors (Lipinski definition) is 3. The third-order valence-corrected chi connectivity index (χ3v) is 5.95. The number of anilines is 2. The van der Waals surface area contributed by atoms with Gasteiger partial charge in [-0.05, 0) is 71.9 Å². The van der Waals surface area contributed by atoms with Gasteiger partial charge in [0.1, 0.15) is 0 Å². The first-order chi connectivity index (χ1) is 13.0. The number of para-hydroxylation sites is 1. The Morgan fingerprint density at radius 1 is 1.15 bits per heavy atom. The van der Waals surface area contributed by atoms with Gasteiger partial charge in [-0.1, -0.05) is 12.1 Å². The first kappa shape index (κ1) is 17.9. The highest BCUT2D eigenvalue weighted by Gasteiger charge is 2.29. The van der Waals surface area contributed by atoms with Crippen molar-refractivity contribution in [2.45, 2.75) is 31.7 Å². The standard InChI is InChI=1S/C20H21BrN4O2/c21-16-5-2-6-17-18(16)24-20(27)25(17)15-9-7-12(8-10-15)19(26)23-14-4-1-3-13(22)11-14/h1-6,11-12,15H,7-10,22H2,(H,23,26)(H,24,27). The van der Waals surface area contributed by atoms with Crippen LogP contribution in [0.3, 0.4) is 0 Å². The van der Waals surface area contributed by atoms with Crippen molar-refractivity contribution in [2.75, 3.05) is 11.1 Å². The summed E-state index contributed by atoms with van der Waals surface area (Å²) in [5.74, 6) is -0.0246. The molecule has 0 bridgehead atoms. The number of H-pyrrole nitrogens is 1. The van der Waals surface area contributed by atoms with Crippen molar-refractivity contribution >= 4 is 44.2 Å². The van der Waals surface area contributed by atoms with Crippen LogP contribution >= 0.6 is 15.9 Å². The van der Waals surface area contributed by atoms with E-state index >= 15 is 0 Å². The van der Waals surface area contributed by atoms with E-state index in [4.69, 9.17) is 5.73 Å². The van der Waals surface area contributed by atoms with E-state index in [1.54, 1.807) is 12.1 Å². The third kappa shape index (κ3) is 3.51. The number of nitrogens with one attached hydrogen (secondary N) is 2. The molecular formula is C20H21BrN4O2. The minimum atomic E-state index is -0.0930. The number of halogens is 1. The Hall–Kier alpha value is -2.54. The fraction of sp³-hybridized carbons (Fsp3) is 0.300. The number of imidazole rings is 1. The molecule has 4 rings (SSSR count). The molecule has 0 spiro atoms. The molecule has 0 radical (unpaired) electrons. The second-order valence-electron chi connectivity index (χ2n) is 7.05. The molecule has 1 heterocycles. The van der Waals surface area contributed by atoms with E-state index in [1.165, 1.54) is 0 Å². The van der Waals surface area contributed by atoms with Crippen LogP contribution < -0.4 is 16.7 Å². The zero-order valence-electron chi connectivity index (χ0n) is 14.7. The number of amides is 1. The number of nitrogens with two attached hydrogens (primary N) is 1. The quantitative estimate of drug-likeness (QED) is 0.549. The highest BCUT2D eigenvalue weighted by Crippen LogP contribution is 2.34. The Morgan fingerprint density at radius 2 is 1.89 bits per heavy atom. The lowest BCUT2D eigenvalue weighted by Gasteiger charge is -2.28. The van der Waals surface area contributed by atoms with Crippen LogP contribution in [0, 0.1) is 5.92 Å². The molecule has 4 N–H and O–H groups in total. The number of aromatic nitrogens is 2. The molecule has 7 heteroatoms. The van der Waals surface area contributed by atoms with Gasteiger partial charge in [-0.3, -0.25) is 9.36 Å². The predicted molar refractivity (Wildman–Crippen MR) is 111 cm³/mol. The van der Waals surface area contributed by atoms with Gasteiger partial charge in [0.25, 0.3) is 0 Å². The number of fused-ring (bicyclic) bond motifs is 1. The number of nitrogen functional groups attached to an aromatic ring is 1. The molecule has 1 amide bonds. The molecule has 0 saturated heterocycles. The SMILES string of the molecule is Nc1cccc(NC(=O)C2CCC(n3c(=O)[nH]c4c(Br)cccc43)CC2)c1. The molecule has 1 aliphatic rings. The van der Waals surface area contributed by atoms with Gasteiger partial charge in [0.05, 0.1) is 11.0 Å². The summed E-state index contributed by atoms with van der Waals surface area (Å²) in [5, 5.41) is 2.95. The summed E-state index contributed by atoms with van der Waals surface area (Å²) in [6.45, 7) is 0. The monoisotopic (exact) mass is 428 g/mol. The second-order valence-corrected chi connectivity index (χ2v) is 7.91. The molecule has 0 unspecified atom stereocenters. The zero-order valence-corrected chi connectivity index (χ0v) is 16.3. The molecule has 6 nitrogen and oxygen atoms in total. The van der Waals surface area contributed by atoms with E-state index in [9.17, 15) is 9.59 Å². The van der Waals surface area contributed by atoms with Gasteiger partial charge in [0.15, 0.2) is 0 Å². The largest absolute Gasteiger partial charge is 0.399 e. The van der Waals surface area contributed by atoms with Crippen molar-refractivity contribution in [1.82, 2.24) is 9.55 Å². The van der Waals surface area contributed by atoms with E-state index in [1.807, 2.05) is 34.9 Å². The lowest BCUT2D eigenvalue weighted by atomic mass is 9.85. The van der Waals surface area contributed by atoms with E-state index in [-0.39, 0.29) is 23.6 Å². The molecule has 1 saturated carbocycles. The Morgan fingerprint density at radius 3 is 2.63 bits per heavy atom. The number of carbonyl (C=O) groups is 1. The van der Waals surface area contributed by atoms with Gasteiger partial charge in [-0.2, -0.15) is 0 Å². The van der Waals surface area contributed by atoms with E-state index in [0.717, 1.165) is 46.9 Å². The van der Waals surface area contributed by atoms with Crippen LogP contribution in [0.5, 0.6) is 0 Å². The fourth-order valence-electron chi connectivity index (χ4n) is 3.93. The molecule has 1 aliphatic carbocycles. The minimum absolute atomic E-state index is 0.0214. The molecule has 140 valence electrons. The number of benzene rings is 2. The number of nitrogens with zero attached hydrogens (tertiary/aromatic N) is 1. The number of rotatable bonds is 3. The van der Waals surface area contributed by atoms with Crippen LogP contribution in [0.25, 0.3) is 11.0 Å². The Labute approximate surface area is 164 Å². The molecular weight excluding hydrogens is 408 g/mol. The maximum Gasteiger partial charge on any atom is 0.326 e. The van der Waals surface area contributed by atoms with Crippen LogP contribution in [-0.2, 0) is 4.79 Å². The van der Waals surface area contributed by atoms with Crippen LogP contribution in [0.1, 0.15) is 31.7 Å². The van der Waals surface area contributed by atoms with Crippen molar-refractivity contribution in [1.29, 1.82) is 0 Å². The molecule has 2 aromatic carbocycles. The summed E-state index contributed by atoms with van der Waals surface area (Å²) in [6, 6.07) is 13.1. The smallest absolute Gasteiger partial charge is 0.326 e. The molecule has 0 atom stereocenters. The van der Waals surface area contributed by atoms with Crippen molar-refractivity contribution in [2.24, 2.45) is 5.92 Å². The van der Waals surface area contributed by atoms with Crippen LogP contribution in [0.2, 0.25) is 0 Å². The van der Waals surface area contributed by atoms with E-state index < -0.39 is 0 Å². The van der Waals surface area contributed by atoms with Gasteiger partial charge >= 0.3 is 5.69 Å². The Balaban J connectivity index is 1.46. The zero-order chi connectivity index (χ0) is 19.0. The maximum atomic E-state index is 12.6. The van der Waals surface area contributed by atoms with Crippen LogP contribution in [-0.4, -0.2) is 15.5 Å². The van der Waals surface area contributed by atoms with Crippen LogP contribution in [0.15, 0.2) is 51.7 Å². The lowest BCUT2D eigenvalue weighted by molar-refractivity contribution is -0.121. The topological polar surface area (TPSA) is 92.9 Å². The normalized spacial score (nSPS) is 19.9. The molecule has 1 fully saturated rings. The van der Waals surface area contributed by atoms with Crippen molar-refractivity contribution in [3.63, 3.8) is 0 Å². The summed E-state index contributed by atoms with van der Waals surface area (Å²) < 4.78 is 2.72. The summed E-state index contributed by atoms with van der Waals surface area (Å²) in [7, 11) is 0. The number of aromatic amines is 1. The van der Waals surface area contributed by atoms with Gasteiger partial charge < -0.3 is 16.0 Å². The fourth-order valence-corrected chi connectivity index (χ4v) is 4.39. The molecule has 0 aliphatic heterocycles. The van der Waals surface area contributed by atoms with Crippen molar-refractivity contribution in [3.8, 4) is 0 Å². The Kier molecular flexibility index (Phi) is 4.78. The van der Waals surface area contributed by atoms with E-state index in [2.05, 4.69) is 26.2 Å². The number of hydrogen-bond acceptors (Lipinski definition) is 3. The number of carbonyl (C=O) groups excluding carboxylic acids is 1. The summed E-state index contributed by atoms with van der Waals surface area (Å²) in [6.07, 6.45) is 3.11. The Bertz CT molecular complexity index is 1050. The maximum absolute atomic E-state index is 12.6. The molecule has 1 aromatic heterocycles. The molecule has 27 heavy (non-hydrogen) atoms. The third-order valence-electron chi connectivity index (χ3n) is 5.29.